The molecule has 0 bridgehead atoms. The Morgan fingerprint density at radius 2 is 1.68 bits per heavy atom. The van der Waals surface area contributed by atoms with Crippen LogP contribution in [0.15, 0.2) is 76.2 Å². The van der Waals surface area contributed by atoms with Crippen LogP contribution in [0.1, 0.15) is 18.1 Å². The molecule has 0 radical (unpaired) electrons. The maximum absolute atomic E-state index is 14.2. The third-order valence-corrected chi connectivity index (χ3v) is 6.30. The Balaban J connectivity index is 1.77. The Hall–Kier alpha value is -3.50. The second kappa shape index (κ2) is 8.69. The van der Waals surface area contributed by atoms with Crippen LogP contribution < -0.4 is 5.14 Å². The van der Waals surface area contributed by atoms with E-state index in [2.05, 4.69) is 4.98 Å². The minimum Gasteiger partial charge on any atom is -0.444 e. The number of primary sulfonamides is 1. The normalized spacial score (nSPS) is 12.2. The van der Waals surface area contributed by atoms with Gasteiger partial charge in [-0.25, -0.2) is 22.9 Å². The molecular formula is C24H18F4N2O3S. The van der Waals surface area contributed by atoms with Gasteiger partial charge in [-0.3, -0.25) is 0 Å². The molecular weight excluding hydrogens is 472 g/mol. The molecule has 2 N–H and O–H groups in total. The van der Waals surface area contributed by atoms with Crippen LogP contribution in [0.3, 0.4) is 0 Å². The van der Waals surface area contributed by atoms with Gasteiger partial charge in [-0.1, -0.05) is 37.3 Å². The fraction of sp³-hybridized carbons (Fsp3) is 0.125. The molecule has 5 nitrogen and oxygen atoms in total. The Labute approximate surface area is 192 Å². The minimum atomic E-state index is -4.75. The summed E-state index contributed by atoms with van der Waals surface area (Å²) in [5, 5.41) is 5.24. The molecule has 3 aromatic carbocycles. The zero-order valence-electron chi connectivity index (χ0n) is 17.7. The number of benzene rings is 3. The van der Waals surface area contributed by atoms with Crippen molar-refractivity contribution in [2.24, 2.45) is 5.14 Å². The van der Waals surface area contributed by atoms with E-state index in [4.69, 9.17) is 9.56 Å². The number of nitrogens with two attached hydrogens (primary N) is 1. The number of halogens is 4. The molecule has 4 aromatic rings. The van der Waals surface area contributed by atoms with Crippen molar-refractivity contribution in [3.05, 3.63) is 83.9 Å². The van der Waals surface area contributed by atoms with Gasteiger partial charge in [-0.15, -0.1) is 0 Å². The lowest BCUT2D eigenvalue weighted by atomic mass is 9.96. The Morgan fingerprint density at radius 1 is 0.971 bits per heavy atom. The molecule has 0 amide bonds. The Morgan fingerprint density at radius 3 is 2.32 bits per heavy atom. The molecule has 10 heteroatoms. The molecule has 0 saturated carbocycles. The van der Waals surface area contributed by atoms with Crippen LogP contribution in [0.4, 0.5) is 17.6 Å². The van der Waals surface area contributed by atoms with E-state index in [1.807, 2.05) is 0 Å². The molecule has 1 aromatic heterocycles. The summed E-state index contributed by atoms with van der Waals surface area (Å²) in [5.74, 6) is -0.844. The lowest BCUT2D eigenvalue weighted by molar-refractivity contribution is -0.137. The van der Waals surface area contributed by atoms with E-state index in [1.165, 1.54) is 48.7 Å². The van der Waals surface area contributed by atoms with Crippen LogP contribution >= 0.6 is 0 Å². The SMILES string of the molecule is CCc1cc(-c2coc(-c3ccc(-c4ccccc4F)c(C(F)(F)F)c3)n2)ccc1S(N)(=O)=O. The molecule has 0 unspecified atom stereocenters. The first-order valence-electron chi connectivity index (χ1n) is 10.1. The van der Waals surface area contributed by atoms with Gasteiger partial charge in [0, 0.05) is 16.7 Å². The highest BCUT2D eigenvalue weighted by molar-refractivity contribution is 7.89. The van der Waals surface area contributed by atoms with Crippen LogP contribution in [-0.4, -0.2) is 13.4 Å². The zero-order chi connectivity index (χ0) is 24.7. The molecule has 0 aliphatic carbocycles. The van der Waals surface area contributed by atoms with E-state index in [0.29, 0.717) is 23.2 Å². The molecule has 0 aliphatic rings. The summed E-state index contributed by atoms with van der Waals surface area (Å²) < 4.78 is 84.5. The van der Waals surface area contributed by atoms with Crippen LogP contribution in [0.2, 0.25) is 0 Å². The maximum Gasteiger partial charge on any atom is 0.417 e. The van der Waals surface area contributed by atoms with Gasteiger partial charge in [0.15, 0.2) is 0 Å². The van der Waals surface area contributed by atoms with Crippen molar-refractivity contribution in [1.82, 2.24) is 4.98 Å². The monoisotopic (exact) mass is 490 g/mol. The summed E-state index contributed by atoms with van der Waals surface area (Å²) in [6.07, 6.45) is -3.10. The van der Waals surface area contributed by atoms with Crippen molar-refractivity contribution in [1.29, 1.82) is 0 Å². The number of hydrogen-bond donors (Lipinski definition) is 1. The van der Waals surface area contributed by atoms with Crippen molar-refractivity contribution in [2.45, 2.75) is 24.4 Å². The van der Waals surface area contributed by atoms with Crippen molar-refractivity contribution < 1.29 is 30.4 Å². The quantitative estimate of drug-likeness (QED) is 0.346. The number of aryl methyl sites for hydroxylation is 1. The van der Waals surface area contributed by atoms with Crippen molar-refractivity contribution in [3.8, 4) is 33.8 Å². The van der Waals surface area contributed by atoms with Gasteiger partial charge in [0.1, 0.15) is 17.8 Å². The zero-order valence-corrected chi connectivity index (χ0v) is 18.5. The molecule has 176 valence electrons. The Bertz CT molecular complexity index is 1480. The molecule has 34 heavy (non-hydrogen) atoms. The van der Waals surface area contributed by atoms with Crippen LogP contribution in [0.5, 0.6) is 0 Å². The first-order valence-corrected chi connectivity index (χ1v) is 11.6. The second-order valence-electron chi connectivity index (χ2n) is 7.50. The standard InChI is InChI=1S/C24H18F4N2O3S/c1-2-14-11-15(8-10-22(14)34(29,31)32)21-13-33-23(30-21)16-7-9-17(19(12-16)24(26,27)28)18-5-3-4-6-20(18)25/h3-13H,2H2,1H3,(H2,29,31,32). The number of alkyl halides is 3. The van der Waals surface area contributed by atoms with Gasteiger partial charge in [-0.05, 0) is 47.9 Å². The summed E-state index contributed by atoms with van der Waals surface area (Å²) in [4.78, 5) is 4.26. The van der Waals surface area contributed by atoms with Gasteiger partial charge in [-0.2, -0.15) is 13.2 Å². The van der Waals surface area contributed by atoms with Crippen LogP contribution in [0.25, 0.3) is 33.8 Å². The summed E-state index contributed by atoms with van der Waals surface area (Å²) in [7, 11) is -3.91. The van der Waals surface area contributed by atoms with Crippen molar-refractivity contribution in [3.63, 3.8) is 0 Å². The molecule has 4 rings (SSSR count). The van der Waals surface area contributed by atoms with Crippen LogP contribution in [-0.2, 0) is 22.6 Å². The summed E-state index contributed by atoms with van der Waals surface area (Å²) >= 11 is 0. The number of hydrogen-bond acceptors (Lipinski definition) is 4. The van der Waals surface area contributed by atoms with Crippen molar-refractivity contribution >= 4 is 10.0 Å². The smallest absolute Gasteiger partial charge is 0.417 e. The van der Waals surface area contributed by atoms with E-state index in [-0.39, 0.29) is 27.5 Å². The van der Waals surface area contributed by atoms with E-state index < -0.39 is 27.6 Å². The third-order valence-electron chi connectivity index (χ3n) is 5.28. The van der Waals surface area contributed by atoms with Crippen LogP contribution in [0, 0.1) is 5.82 Å². The highest BCUT2D eigenvalue weighted by Crippen LogP contribution is 2.40. The molecule has 0 fully saturated rings. The van der Waals surface area contributed by atoms with E-state index >= 15 is 0 Å². The molecule has 1 heterocycles. The second-order valence-corrected chi connectivity index (χ2v) is 9.03. The minimum absolute atomic E-state index is 0.0129. The summed E-state index contributed by atoms with van der Waals surface area (Å²) in [6.45, 7) is 1.76. The van der Waals surface area contributed by atoms with E-state index in [9.17, 15) is 26.0 Å². The molecule has 0 saturated heterocycles. The lowest BCUT2D eigenvalue weighted by Crippen LogP contribution is -2.14. The average Bonchev–Trinajstić information content (AvgIpc) is 3.28. The number of nitrogens with zero attached hydrogens (tertiary/aromatic N) is 1. The van der Waals surface area contributed by atoms with E-state index in [1.54, 1.807) is 13.0 Å². The van der Waals surface area contributed by atoms with Crippen molar-refractivity contribution in [2.75, 3.05) is 0 Å². The number of aromatic nitrogens is 1. The third kappa shape index (κ3) is 4.59. The van der Waals surface area contributed by atoms with Gasteiger partial charge >= 0.3 is 6.18 Å². The number of rotatable bonds is 5. The highest BCUT2D eigenvalue weighted by Gasteiger charge is 2.35. The molecule has 0 spiro atoms. The average molecular weight is 490 g/mol. The van der Waals surface area contributed by atoms with Gasteiger partial charge < -0.3 is 4.42 Å². The summed E-state index contributed by atoms with van der Waals surface area (Å²) in [5.41, 5.74) is -0.159. The first kappa shape index (κ1) is 23.7. The molecule has 0 aliphatic heterocycles. The number of oxazole rings is 1. The fourth-order valence-corrected chi connectivity index (χ4v) is 4.48. The van der Waals surface area contributed by atoms with Gasteiger partial charge in [0.2, 0.25) is 15.9 Å². The largest absolute Gasteiger partial charge is 0.444 e. The predicted molar refractivity (Wildman–Crippen MR) is 119 cm³/mol. The first-order chi connectivity index (χ1) is 16.0. The molecule has 0 atom stereocenters. The van der Waals surface area contributed by atoms with Gasteiger partial charge in [0.25, 0.3) is 0 Å². The van der Waals surface area contributed by atoms with E-state index in [0.717, 1.165) is 12.1 Å². The predicted octanol–water partition coefficient (Wildman–Crippen LogP) is 6.04. The maximum atomic E-state index is 14.2. The van der Waals surface area contributed by atoms with Gasteiger partial charge in [0.05, 0.1) is 10.5 Å². The summed E-state index contributed by atoms with van der Waals surface area (Å²) in [6, 6.07) is 13.1. The lowest BCUT2D eigenvalue weighted by Gasteiger charge is -2.14. The highest BCUT2D eigenvalue weighted by atomic mass is 32.2. The Kier molecular flexibility index (Phi) is 6.05. The topological polar surface area (TPSA) is 86.2 Å². The fourth-order valence-electron chi connectivity index (χ4n) is 3.66. The number of sulfonamides is 1.